The van der Waals surface area contributed by atoms with E-state index in [4.69, 9.17) is 15.5 Å². The summed E-state index contributed by atoms with van der Waals surface area (Å²) in [6.45, 7) is -1.03. The molecule has 1 aromatic carbocycles. The molecular formula is C22H24F2N4O3S. The fraction of sp³-hybridized carbons (Fsp3) is 0.455. The van der Waals surface area contributed by atoms with Crippen molar-refractivity contribution in [2.45, 2.75) is 37.3 Å². The van der Waals surface area contributed by atoms with Gasteiger partial charge in [0.25, 0.3) is 0 Å². The highest BCUT2D eigenvalue weighted by atomic mass is 32.2. The van der Waals surface area contributed by atoms with Gasteiger partial charge in [-0.3, -0.25) is 9.79 Å². The number of hydrogen-bond acceptors (Lipinski definition) is 8. The number of halogens is 2. The van der Waals surface area contributed by atoms with Crippen LogP contribution in [0.1, 0.15) is 40.9 Å². The van der Waals surface area contributed by atoms with Crippen molar-refractivity contribution in [3.63, 3.8) is 0 Å². The molecule has 0 unspecified atom stereocenters. The molecular weight excluding hydrogens is 438 g/mol. The van der Waals surface area contributed by atoms with E-state index in [1.54, 1.807) is 19.2 Å². The van der Waals surface area contributed by atoms with Crippen molar-refractivity contribution in [3.05, 3.63) is 53.2 Å². The third-order valence-electron chi connectivity index (χ3n) is 6.12. The second kappa shape index (κ2) is 9.50. The molecule has 2 N–H and O–H groups in total. The molecule has 1 aliphatic heterocycles. The van der Waals surface area contributed by atoms with Crippen LogP contribution in [-0.4, -0.2) is 46.7 Å². The van der Waals surface area contributed by atoms with Crippen LogP contribution in [0.2, 0.25) is 0 Å². The first-order valence-corrected chi connectivity index (χ1v) is 11.3. The highest BCUT2D eigenvalue weighted by molar-refractivity contribution is 8.13. The van der Waals surface area contributed by atoms with Gasteiger partial charge in [-0.05, 0) is 37.0 Å². The summed E-state index contributed by atoms with van der Waals surface area (Å²) in [4.78, 5) is 25.3. The van der Waals surface area contributed by atoms with Crippen molar-refractivity contribution >= 4 is 22.7 Å². The number of fused-ring (bicyclic) bond motifs is 1. The van der Waals surface area contributed by atoms with Gasteiger partial charge in [0.05, 0.1) is 24.0 Å². The van der Waals surface area contributed by atoms with Gasteiger partial charge in [0.15, 0.2) is 11.0 Å². The van der Waals surface area contributed by atoms with Crippen molar-refractivity contribution in [1.82, 2.24) is 9.97 Å². The molecule has 3 atom stereocenters. The lowest BCUT2D eigenvalue weighted by molar-refractivity contribution is 0.0229. The summed E-state index contributed by atoms with van der Waals surface area (Å²) in [5, 5.41) is 0.448. The summed E-state index contributed by atoms with van der Waals surface area (Å²) < 4.78 is 37.5. The number of nitrogens with zero attached hydrogens (tertiary/aromatic N) is 3. The van der Waals surface area contributed by atoms with E-state index in [1.165, 1.54) is 30.2 Å². The molecule has 32 heavy (non-hydrogen) atoms. The molecule has 2 heterocycles. The van der Waals surface area contributed by atoms with Crippen LogP contribution in [0.15, 0.2) is 35.6 Å². The fourth-order valence-electron chi connectivity index (χ4n) is 4.49. The zero-order valence-corrected chi connectivity index (χ0v) is 18.4. The Kier molecular flexibility index (Phi) is 6.71. The molecule has 1 aliphatic carbocycles. The van der Waals surface area contributed by atoms with Gasteiger partial charge < -0.3 is 15.2 Å². The molecule has 1 saturated carbocycles. The van der Waals surface area contributed by atoms with E-state index in [2.05, 4.69) is 14.7 Å². The van der Waals surface area contributed by atoms with E-state index in [1.807, 2.05) is 0 Å². The Morgan fingerprint density at radius 3 is 2.91 bits per heavy atom. The molecule has 170 valence electrons. The number of aromatic nitrogens is 2. The van der Waals surface area contributed by atoms with Crippen LogP contribution in [0.3, 0.4) is 0 Å². The lowest BCUT2D eigenvalue weighted by atomic mass is 9.68. The Bertz CT molecular complexity index is 1020. The number of Topliss-reactive ketones (excluding diaryl/α,β-unsaturated/α-hetero) is 1. The smallest absolute Gasteiger partial charge is 0.234 e. The number of thioether (sulfide) groups is 1. The normalized spacial score (nSPS) is 25.0. The lowest BCUT2D eigenvalue weighted by Gasteiger charge is -2.46. The molecule has 0 bridgehead atoms. The molecule has 4 rings (SSSR count). The second-order valence-corrected chi connectivity index (χ2v) is 8.96. The van der Waals surface area contributed by atoms with E-state index in [9.17, 15) is 9.18 Å². The molecule has 0 radical (unpaired) electrons. The summed E-state index contributed by atoms with van der Waals surface area (Å²) in [6, 6.07) is 4.68. The maximum atomic E-state index is 15.1. The highest BCUT2D eigenvalue weighted by Crippen LogP contribution is 2.50. The van der Waals surface area contributed by atoms with Crippen molar-refractivity contribution in [2.24, 2.45) is 16.6 Å². The van der Waals surface area contributed by atoms with Crippen LogP contribution < -0.4 is 10.5 Å². The number of hydrogen-bond donors (Lipinski definition) is 1. The molecule has 1 aromatic heterocycles. The van der Waals surface area contributed by atoms with Gasteiger partial charge >= 0.3 is 0 Å². The van der Waals surface area contributed by atoms with Gasteiger partial charge in [-0.25, -0.2) is 18.7 Å². The van der Waals surface area contributed by atoms with E-state index in [-0.39, 0.29) is 41.6 Å². The number of ketones is 1. The Morgan fingerprint density at radius 1 is 1.34 bits per heavy atom. The minimum Gasteiger partial charge on any atom is -0.445 e. The van der Waals surface area contributed by atoms with Gasteiger partial charge in [0.2, 0.25) is 12.7 Å². The number of amidine groups is 1. The average Bonchev–Trinajstić information content (AvgIpc) is 2.80. The van der Waals surface area contributed by atoms with Crippen LogP contribution in [0.4, 0.5) is 8.78 Å². The predicted octanol–water partition coefficient (Wildman–Crippen LogP) is 3.42. The predicted molar refractivity (Wildman–Crippen MR) is 117 cm³/mol. The van der Waals surface area contributed by atoms with Crippen LogP contribution in [0.25, 0.3) is 0 Å². The minimum atomic E-state index is -1.03. The van der Waals surface area contributed by atoms with E-state index < -0.39 is 12.4 Å². The SMILES string of the molecule is CO[C@@H]1CC[C@]2(c3cc(CC(=O)c4cnc(OCF)cn4)ccc3F)N=C(N)SC[C@@H]2C1. The quantitative estimate of drug-likeness (QED) is 0.630. The van der Waals surface area contributed by atoms with Gasteiger partial charge in [0.1, 0.15) is 11.5 Å². The standard InChI is InChI=1S/C22H24F2N4O3S/c1-30-15-4-5-22(14(8-15)11-32-21(25)28-22)16-6-13(2-3-17(16)24)7-19(29)18-9-27-20(10-26-18)31-12-23/h2-3,6,9-10,14-15H,4-5,7-8,11-12H2,1H3,(H2,25,28)/t14-,15+,22-/m0/s1. The third-order valence-corrected chi connectivity index (χ3v) is 7.08. The summed E-state index contributed by atoms with van der Waals surface area (Å²) in [7, 11) is 1.69. The Labute approximate surface area is 188 Å². The number of nitrogens with two attached hydrogens (primary N) is 1. The second-order valence-electron chi connectivity index (χ2n) is 7.92. The fourth-order valence-corrected chi connectivity index (χ4v) is 5.50. The van der Waals surface area contributed by atoms with Crippen LogP contribution in [0.5, 0.6) is 5.88 Å². The van der Waals surface area contributed by atoms with Crippen molar-refractivity contribution in [2.75, 3.05) is 19.7 Å². The molecule has 2 aromatic rings. The molecule has 7 nitrogen and oxygen atoms in total. The van der Waals surface area contributed by atoms with Crippen molar-refractivity contribution in [1.29, 1.82) is 0 Å². The maximum absolute atomic E-state index is 15.1. The Balaban J connectivity index is 1.62. The molecule has 0 amide bonds. The molecule has 0 spiro atoms. The summed E-state index contributed by atoms with van der Waals surface area (Å²) in [5.74, 6) is 0.156. The minimum absolute atomic E-state index is 0.00413. The first-order valence-electron chi connectivity index (χ1n) is 10.3. The summed E-state index contributed by atoms with van der Waals surface area (Å²) in [5.41, 5.74) is 6.53. The number of alkyl halides is 1. The number of rotatable bonds is 7. The van der Waals surface area contributed by atoms with Gasteiger partial charge in [-0.1, -0.05) is 17.8 Å². The first-order chi connectivity index (χ1) is 15.4. The van der Waals surface area contributed by atoms with E-state index in [0.29, 0.717) is 22.7 Å². The largest absolute Gasteiger partial charge is 0.445 e. The monoisotopic (exact) mass is 462 g/mol. The first kappa shape index (κ1) is 22.6. The number of carbonyl (C=O) groups excluding carboxylic acids is 1. The number of methoxy groups -OCH3 is 1. The van der Waals surface area contributed by atoms with Gasteiger partial charge in [0, 0.05) is 30.8 Å². The highest BCUT2D eigenvalue weighted by Gasteiger charge is 2.48. The van der Waals surface area contributed by atoms with Crippen molar-refractivity contribution in [3.8, 4) is 5.88 Å². The van der Waals surface area contributed by atoms with E-state index in [0.717, 1.165) is 18.6 Å². The van der Waals surface area contributed by atoms with Crippen LogP contribution >= 0.6 is 11.8 Å². The topological polar surface area (TPSA) is 99.7 Å². The average molecular weight is 463 g/mol. The number of benzene rings is 1. The molecule has 0 saturated heterocycles. The maximum Gasteiger partial charge on any atom is 0.234 e. The van der Waals surface area contributed by atoms with Crippen LogP contribution in [-0.2, 0) is 16.7 Å². The number of aliphatic imine (C=N–C) groups is 1. The zero-order valence-electron chi connectivity index (χ0n) is 17.6. The summed E-state index contributed by atoms with van der Waals surface area (Å²) >= 11 is 1.48. The molecule has 2 aliphatic rings. The van der Waals surface area contributed by atoms with Crippen LogP contribution in [0, 0.1) is 11.7 Å². The number of ether oxygens (including phenoxy) is 2. The molecule has 1 fully saturated rings. The summed E-state index contributed by atoms with van der Waals surface area (Å²) in [6.07, 6.45) is 4.69. The van der Waals surface area contributed by atoms with Gasteiger partial charge in [-0.2, -0.15) is 0 Å². The Morgan fingerprint density at radius 2 is 2.19 bits per heavy atom. The zero-order chi connectivity index (χ0) is 22.7. The van der Waals surface area contributed by atoms with Crippen molar-refractivity contribution < 1.29 is 23.0 Å². The molecule has 10 heteroatoms. The van der Waals surface area contributed by atoms with E-state index >= 15 is 4.39 Å². The lowest BCUT2D eigenvalue weighted by Crippen LogP contribution is -2.46. The Hall–Kier alpha value is -2.59. The third kappa shape index (κ3) is 4.47. The van der Waals surface area contributed by atoms with Gasteiger partial charge in [-0.15, -0.1) is 0 Å². The number of carbonyl (C=O) groups is 1.